The number of hydrogen-bond donors (Lipinski definition) is 0. The second kappa shape index (κ2) is 13.9. The fourth-order valence-corrected chi connectivity index (χ4v) is 6.27. The third kappa shape index (κ3) is 6.65. The summed E-state index contributed by atoms with van der Waals surface area (Å²) < 4.78 is 0. The van der Waals surface area contributed by atoms with Crippen LogP contribution >= 0.6 is 11.6 Å². The van der Waals surface area contributed by atoms with Gasteiger partial charge in [-0.05, 0) is 54.3 Å². The van der Waals surface area contributed by atoms with E-state index in [1.165, 1.54) is 0 Å². The zero-order chi connectivity index (χ0) is 34.7. The van der Waals surface area contributed by atoms with E-state index in [1.54, 1.807) is 0 Å². The summed E-state index contributed by atoms with van der Waals surface area (Å²) in [6.45, 7) is 4.13. The van der Waals surface area contributed by atoms with E-state index in [-0.39, 0.29) is 0 Å². The molecule has 0 unspecified atom stereocenters. The second-order valence-electron chi connectivity index (χ2n) is 12.2. The first-order chi connectivity index (χ1) is 25.0. The molecule has 0 spiro atoms. The highest BCUT2D eigenvalue weighted by Gasteiger charge is 2.19. The van der Waals surface area contributed by atoms with Crippen molar-refractivity contribution in [2.24, 2.45) is 0 Å². The fourth-order valence-electron chi connectivity index (χ4n) is 6.10. The Morgan fingerprint density at radius 2 is 0.725 bits per heavy atom. The van der Waals surface area contributed by atoms with Crippen LogP contribution in [-0.4, -0.2) is 29.9 Å². The van der Waals surface area contributed by atoms with Gasteiger partial charge in [-0.3, -0.25) is 0 Å². The second-order valence-corrected chi connectivity index (χ2v) is 12.7. The predicted octanol–water partition coefficient (Wildman–Crippen LogP) is 11.0. The topological polar surface area (TPSA) is 77.3 Å². The summed E-state index contributed by atoms with van der Waals surface area (Å²) in [5.41, 5.74) is 9.37. The van der Waals surface area contributed by atoms with Gasteiger partial charge in [-0.15, -0.1) is 0 Å². The molecule has 0 fully saturated rings. The van der Waals surface area contributed by atoms with Crippen molar-refractivity contribution in [3.63, 3.8) is 0 Å². The lowest BCUT2D eigenvalue weighted by Crippen LogP contribution is -2.03. The zero-order valence-corrected chi connectivity index (χ0v) is 28.8. The zero-order valence-electron chi connectivity index (χ0n) is 28.0. The quantitative estimate of drug-likeness (QED) is 0.167. The van der Waals surface area contributed by atoms with Crippen molar-refractivity contribution in [1.82, 2.24) is 29.9 Å². The van der Waals surface area contributed by atoms with E-state index in [9.17, 15) is 0 Å². The Balaban J connectivity index is 1.29. The van der Waals surface area contributed by atoms with Crippen LogP contribution in [0.5, 0.6) is 0 Å². The lowest BCUT2D eigenvalue weighted by Gasteiger charge is -2.14. The molecule has 0 N–H and O–H groups in total. The van der Waals surface area contributed by atoms with Gasteiger partial charge in [0.05, 0.1) is 0 Å². The Hall–Kier alpha value is -6.37. The van der Waals surface area contributed by atoms with Crippen LogP contribution in [0.4, 0.5) is 0 Å². The van der Waals surface area contributed by atoms with E-state index in [4.69, 9.17) is 41.5 Å². The maximum atomic E-state index is 6.70. The molecule has 0 amide bonds. The van der Waals surface area contributed by atoms with Crippen LogP contribution in [-0.2, 0) is 0 Å². The largest absolute Gasteiger partial charge is 0.208 e. The highest BCUT2D eigenvalue weighted by atomic mass is 35.5. The Labute approximate surface area is 301 Å². The molecule has 244 valence electrons. The molecule has 0 aliphatic carbocycles. The van der Waals surface area contributed by atoms with Crippen LogP contribution in [0.2, 0.25) is 5.02 Å². The third-order valence-corrected chi connectivity index (χ3v) is 9.00. The molecular weight excluding hydrogens is 648 g/mol. The lowest BCUT2D eigenvalue weighted by molar-refractivity contribution is 1.07. The highest BCUT2D eigenvalue weighted by molar-refractivity contribution is 6.31. The summed E-state index contributed by atoms with van der Waals surface area (Å²) in [4.78, 5) is 29.9. The summed E-state index contributed by atoms with van der Waals surface area (Å²) >= 11 is 6.70. The van der Waals surface area contributed by atoms with Crippen LogP contribution < -0.4 is 0 Å². The number of aromatic nitrogens is 6. The minimum Gasteiger partial charge on any atom is -0.208 e. The summed E-state index contributed by atoms with van der Waals surface area (Å²) in [6, 6.07) is 50.2. The van der Waals surface area contributed by atoms with Crippen LogP contribution in [0.3, 0.4) is 0 Å². The van der Waals surface area contributed by atoms with Crippen molar-refractivity contribution < 1.29 is 0 Å². The normalized spacial score (nSPS) is 11.0. The van der Waals surface area contributed by atoms with Crippen molar-refractivity contribution in [1.29, 1.82) is 0 Å². The monoisotopic (exact) mass is 678 g/mol. The molecule has 8 aromatic rings. The molecule has 0 saturated heterocycles. The molecule has 2 heterocycles. The Kier molecular flexibility index (Phi) is 8.66. The minimum atomic E-state index is 0.530. The average molecular weight is 679 g/mol. The van der Waals surface area contributed by atoms with Crippen molar-refractivity contribution in [3.05, 3.63) is 168 Å². The molecule has 0 saturated carbocycles. The van der Waals surface area contributed by atoms with Gasteiger partial charge in [0.25, 0.3) is 0 Å². The molecule has 51 heavy (non-hydrogen) atoms. The molecule has 0 aliphatic heterocycles. The molecular formula is C44H31ClN6. The van der Waals surface area contributed by atoms with Crippen molar-refractivity contribution in [2.75, 3.05) is 0 Å². The standard InChI is InChI=1S/C44H31ClN6/c1-28-14-9-11-22-35(28)42-49-43(36-23-12-10-15-29(36)2)51-44(50-42)38-27-34(45)24-25-37(38)32-20-13-21-33(26-32)41-47-39(30-16-5-3-6-17-30)46-40(48-41)31-18-7-4-8-19-31/h3-27H,1-2H3. The summed E-state index contributed by atoms with van der Waals surface area (Å²) in [5.74, 6) is 3.52. The van der Waals surface area contributed by atoms with E-state index < -0.39 is 0 Å². The minimum absolute atomic E-state index is 0.530. The smallest absolute Gasteiger partial charge is 0.164 e. The molecule has 0 aliphatic rings. The van der Waals surface area contributed by atoms with Crippen LogP contribution in [0.15, 0.2) is 152 Å². The van der Waals surface area contributed by atoms with E-state index >= 15 is 0 Å². The van der Waals surface area contributed by atoms with E-state index in [0.29, 0.717) is 40.0 Å². The Morgan fingerprint density at radius 1 is 0.314 bits per heavy atom. The first-order valence-electron chi connectivity index (χ1n) is 16.7. The number of nitrogens with zero attached hydrogens (tertiary/aromatic N) is 6. The first-order valence-corrected chi connectivity index (χ1v) is 17.0. The molecule has 2 aromatic heterocycles. The first kappa shape index (κ1) is 31.9. The third-order valence-electron chi connectivity index (χ3n) is 8.76. The Bertz CT molecular complexity index is 2400. The van der Waals surface area contributed by atoms with E-state index in [1.807, 2.05) is 127 Å². The van der Waals surface area contributed by atoms with Crippen molar-refractivity contribution in [2.45, 2.75) is 13.8 Å². The molecule has 6 nitrogen and oxygen atoms in total. The SMILES string of the molecule is Cc1ccccc1-c1nc(-c2ccccc2C)nc(-c2cc(Cl)ccc2-c2cccc(-c3nc(-c4ccccc4)nc(-c4ccccc4)n3)c2)n1. The van der Waals surface area contributed by atoms with Crippen LogP contribution in [0, 0.1) is 13.8 Å². The number of benzene rings is 6. The van der Waals surface area contributed by atoms with Gasteiger partial charge in [-0.2, -0.15) is 0 Å². The van der Waals surface area contributed by atoms with Gasteiger partial charge >= 0.3 is 0 Å². The summed E-state index contributed by atoms with van der Waals surface area (Å²) in [7, 11) is 0. The number of rotatable bonds is 7. The van der Waals surface area contributed by atoms with Gasteiger partial charge < -0.3 is 0 Å². The number of aryl methyl sites for hydroxylation is 2. The highest BCUT2D eigenvalue weighted by Crippen LogP contribution is 2.37. The van der Waals surface area contributed by atoms with Gasteiger partial charge in [0, 0.05) is 38.4 Å². The van der Waals surface area contributed by atoms with Gasteiger partial charge in [-0.25, -0.2) is 29.9 Å². The summed E-state index contributed by atoms with van der Waals surface area (Å²) in [5, 5.41) is 0.581. The number of hydrogen-bond acceptors (Lipinski definition) is 6. The predicted molar refractivity (Wildman–Crippen MR) is 206 cm³/mol. The van der Waals surface area contributed by atoms with E-state index in [0.717, 1.165) is 55.6 Å². The van der Waals surface area contributed by atoms with E-state index in [2.05, 4.69) is 38.1 Å². The van der Waals surface area contributed by atoms with Gasteiger partial charge in [-0.1, -0.05) is 145 Å². The maximum Gasteiger partial charge on any atom is 0.164 e. The van der Waals surface area contributed by atoms with Gasteiger partial charge in [0.1, 0.15) is 0 Å². The lowest BCUT2D eigenvalue weighted by atomic mass is 9.97. The molecule has 7 heteroatoms. The summed E-state index contributed by atoms with van der Waals surface area (Å²) in [6.07, 6.45) is 0. The molecule has 0 bridgehead atoms. The van der Waals surface area contributed by atoms with Crippen LogP contribution in [0.1, 0.15) is 11.1 Å². The number of halogens is 1. The fraction of sp³-hybridized carbons (Fsp3) is 0.0455. The molecule has 0 radical (unpaired) electrons. The van der Waals surface area contributed by atoms with Crippen molar-refractivity contribution >= 4 is 11.6 Å². The van der Waals surface area contributed by atoms with Gasteiger partial charge in [0.2, 0.25) is 0 Å². The van der Waals surface area contributed by atoms with Crippen LogP contribution in [0.25, 0.3) is 79.5 Å². The molecule has 6 aromatic carbocycles. The van der Waals surface area contributed by atoms with Gasteiger partial charge in [0.15, 0.2) is 34.9 Å². The van der Waals surface area contributed by atoms with Crippen molar-refractivity contribution in [3.8, 4) is 79.5 Å². The molecule has 0 atom stereocenters. The molecule has 8 rings (SSSR count). The average Bonchev–Trinajstić information content (AvgIpc) is 3.18. The maximum absolute atomic E-state index is 6.70. The Morgan fingerprint density at radius 3 is 1.25 bits per heavy atom.